The van der Waals surface area contributed by atoms with E-state index in [0.717, 1.165) is 29.1 Å². The van der Waals surface area contributed by atoms with E-state index in [1.54, 1.807) is 0 Å². The molecule has 0 radical (unpaired) electrons. The number of aromatic nitrogens is 3. The Morgan fingerprint density at radius 3 is 1.45 bits per heavy atom. The summed E-state index contributed by atoms with van der Waals surface area (Å²) in [5, 5.41) is 3.14. The van der Waals surface area contributed by atoms with Crippen LogP contribution in [0.1, 0.15) is 118 Å². The third kappa shape index (κ3) is 6.78. The number of nitrogens with two attached hydrogens (primary N) is 1. The highest BCUT2D eigenvalue weighted by Gasteiger charge is 2.46. The molecular weight excluding hydrogens is 446 g/mol. The number of hydrogen-bond donors (Lipinski definition) is 1. The van der Waals surface area contributed by atoms with Gasteiger partial charge in [-0.1, -0.05) is 74.9 Å². The predicted molar refractivity (Wildman–Crippen MR) is 142 cm³/mol. The van der Waals surface area contributed by atoms with E-state index in [-0.39, 0.29) is 17.1 Å². The Hall–Kier alpha value is -0.530. The highest BCUT2D eigenvalue weighted by atomic mass is 32.2. The van der Waals surface area contributed by atoms with Crippen LogP contribution >= 0.6 is 23.5 Å². The lowest BCUT2D eigenvalue weighted by Crippen LogP contribution is -2.64. The Labute approximate surface area is 210 Å². The summed E-state index contributed by atoms with van der Waals surface area (Å²) in [7, 11) is 0. The van der Waals surface area contributed by atoms with Crippen molar-refractivity contribution in [3.05, 3.63) is 0 Å². The van der Waals surface area contributed by atoms with Gasteiger partial charge in [-0.2, -0.15) is 15.0 Å². The molecule has 0 bridgehead atoms. The van der Waals surface area contributed by atoms with Gasteiger partial charge in [0, 0.05) is 27.6 Å². The first-order valence-corrected chi connectivity index (χ1v) is 15.1. The summed E-state index contributed by atoms with van der Waals surface area (Å²) >= 11 is 3.82. The van der Waals surface area contributed by atoms with Crippen LogP contribution < -0.4 is 10.6 Å². The van der Waals surface area contributed by atoms with Crippen molar-refractivity contribution in [1.82, 2.24) is 15.0 Å². The minimum Gasteiger partial charge on any atom is -0.330 e. The Morgan fingerprint density at radius 1 is 0.667 bits per heavy atom. The fourth-order valence-electron chi connectivity index (χ4n) is 6.45. The average molecular weight is 492 g/mol. The molecule has 2 aliphatic carbocycles. The molecule has 1 aromatic rings. The molecule has 0 atom stereocenters. The van der Waals surface area contributed by atoms with Crippen molar-refractivity contribution < 1.29 is 0 Å². The molecule has 1 aliphatic heterocycles. The molecule has 2 N–H and O–H groups in total. The monoisotopic (exact) mass is 491 g/mol. The first kappa shape index (κ1) is 25.6. The maximum absolute atomic E-state index is 6.47. The molecule has 0 unspecified atom stereocenters. The molecule has 5 nitrogen and oxygen atoms in total. The van der Waals surface area contributed by atoms with Gasteiger partial charge < -0.3 is 10.6 Å². The van der Waals surface area contributed by atoms with E-state index in [1.807, 2.05) is 23.5 Å². The van der Waals surface area contributed by atoms with Crippen LogP contribution in [0.5, 0.6) is 0 Å². The van der Waals surface area contributed by atoms with Crippen LogP contribution in [0.3, 0.4) is 0 Å². The quantitative estimate of drug-likeness (QED) is 0.445. The van der Waals surface area contributed by atoms with Crippen LogP contribution in [0.25, 0.3) is 0 Å². The molecule has 33 heavy (non-hydrogen) atoms. The third-order valence-electron chi connectivity index (χ3n) is 7.67. The first-order chi connectivity index (χ1) is 15.7. The fourth-order valence-corrected chi connectivity index (χ4v) is 8.79. The maximum Gasteiger partial charge on any atom is 0.231 e. The van der Waals surface area contributed by atoms with E-state index in [9.17, 15) is 0 Å². The van der Waals surface area contributed by atoms with Gasteiger partial charge in [0.15, 0.2) is 10.3 Å². The number of anilines is 1. The van der Waals surface area contributed by atoms with Crippen LogP contribution in [0.15, 0.2) is 10.3 Å². The van der Waals surface area contributed by atoms with Crippen molar-refractivity contribution in [3.8, 4) is 0 Å². The molecule has 1 aromatic heterocycles. The molecule has 0 aromatic carbocycles. The maximum atomic E-state index is 6.47. The van der Waals surface area contributed by atoms with Crippen LogP contribution in [0.2, 0.25) is 0 Å². The predicted octanol–water partition coefficient (Wildman–Crippen LogP) is 6.99. The Kier molecular flexibility index (Phi) is 8.54. The smallest absolute Gasteiger partial charge is 0.231 e. The van der Waals surface area contributed by atoms with Crippen molar-refractivity contribution >= 4 is 29.5 Å². The van der Waals surface area contributed by atoms with Gasteiger partial charge in [0.25, 0.3) is 0 Å². The first-order valence-electron chi connectivity index (χ1n) is 13.4. The summed E-state index contributed by atoms with van der Waals surface area (Å²) < 4.78 is 0. The third-order valence-corrected chi connectivity index (χ3v) is 10.1. The van der Waals surface area contributed by atoms with E-state index in [1.165, 1.54) is 77.0 Å². The molecule has 3 fully saturated rings. The van der Waals surface area contributed by atoms with Crippen molar-refractivity contribution in [3.63, 3.8) is 0 Å². The molecule has 3 aliphatic rings. The zero-order chi connectivity index (χ0) is 23.5. The SMILES string of the molecule is CC1(C)CC(N)CC(C)(C)N1c1nc(SC2CCCCCC2)nc(SC2CCCCCC2)n1. The van der Waals surface area contributed by atoms with Gasteiger partial charge in [0.05, 0.1) is 0 Å². The molecule has 1 saturated heterocycles. The molecule has 0 amide bonds. The average Bonchev–Trinajstić information content (AvgIpc) is 3.10. The number of piperidine rings is 1. The van der Waals surface area contributed by atoms with Crippen molar-refractivity contribution in [2.45, 2.75) is 156 Å². The lowest BCUT2D eigenvalue weighted by atomic mass is 9.77. The van der Waals surface area contributed by atoms with Gasteiger partial charge in [-0.3, -0.25) is 0 Å². The highest BCUT2D eigenvalue weighted by Crippen LogP contribution is 2.42. The minimum absolute atomic E-state index is 0.0863. The normalized spacial score (nSPS) is 25.5. The molecule has 7 heteroatoms. The summed E-state index contributed by atoms with van der Waals surface area (Å²) in [4.78, 5) is 17.7. The second-order valence-electron chi connectivity index (χ2n) is 11.8. The van der Waals surface area contributed by atoms with Crippen LogP contribution in [-0.2, 0) is 0 Å². The number of hydrogen-bond acceptors (Lipinski definition) is 7. The van der Waals surface area contributed by atoms with Crippen LogP contribution in [0, 0.1) is 0 Å². The molecule has 186 valence electrons. The van der Waals surface area contributed by atoms with Gasteiger partial charge in [-0.05, 0) is 66.2 Å². The molecule has 4 rings (SSSR count). The largest absolute Gasteiger partial charge is 0.330 e. The van der Waals surface area contributed by atoms with E-state index in [4.69, 9.17) is 20.7 Å². The van der Waals surface area contributed by atoms with Gasteiger partial charge in [-0.15, -0.1) is 0 Å². The standard InChI is InChI=1S/C26H45N5S2/c1-25(2)17-19(27)18-26(3,4)31(25)22-28-23(32-20-13-9-5-6-10-14-20)30-24(29-22)33-21-15-11-7-8-12-16-21/h19-21H,5-18,27H2,1-4H3. The molecular formula is C26H45N5S2. The summed E-state index contributed by atoms with van der Waals surface area (Å²) in [6.45, 7) is 9.20. The summed E-state index contributed by atoms with van der Waals surface area (Å²) in [5.41, 5.74) is 6.30. The number of thioether (sulfide) groups is 2. The Morgan fingerprint density at radius 2 is 1.06 bits per heavy atom. The zero-order valence-corrected chi connectivity index (χ0v) is 22.9. The topological polar surface area (TPSA) is 67.9 Å². The van der Waals surface area contributed by atoms with E-state index < -0.39 is 0 Å². The van der Waals surface area contributed by atoms with Crippen molar-refractivity contribution in [1.29, 1.82) is 0 Å². The highest BCUT2D eigenvalue weighted by molar-refractivity contribution is 8.00. The fraction of sp³-hybridized carbons (Fsp3) is 0.885. The van der Waals surface area contributed by atoms with Gasteiger partial charge in [-0.25, -0.2) is 0 Å². The van der Waals surface area contributed by atoms with E-state index in [0.29, 0.717) is 10.5 Å². The Balaban J connectivity index is 1.65. The summed E-state index contributed by atoms with van der Waals surface area (Å²) in [6.07, 6.45) is 17.9. The van der Waals surface area contributed by atoms with Gasteiger partial charge in [0.1, 0.15) is 0 Å². The van der Waals surface area contributed by atoms with Gasteiger partial charge in [0.2, 0.25) is 5.95 Å². The number of rotatable bonds is 5. The zero-order valence-electron chi connectivity index (χ0n) is 21.3. The lowest BCUT2D eigenvalue weighted by molar-refractivity contribution is 0.215. The summed E-state index contributed by atoms with van der Waals surface area (Å²) in [6, 6.07) is 0.216. The van der Waals surface area contributed by atoms with Crippen molar-refractivity contribution in [2.75, 3.05) is 4.90 Å². The molecule has 0 spiro atoms. The molecule has 2 heterocycles. The lowest BCUT2D eigenvalue weighted by Gasteiger charge is -2.54. The van der Waals surface area contributed by atoms with Crippen LogP contribution in [-0.4, -0.2) is 42.6 Å². The van der Waals surface area contributed by atoms with E-state index in [2.05, 4.69) is 32.6 Å². The summed E-state index contributed by atoms with van der Waals surface area (Å²) in [5.74, 6) is 0.860. The van der Waals surface area contributed by atoms with Gasteiger partial charge >= 0.3 is 0 Å². The molecule has 2 saturated carbocycles. The Bertz CT molecular complexity index is 710. The van der Waals surface area contributed by atoms with Crippen LogP contribution in [0.4, 0.5) is 5.95 Å². The second-order valence-corrected chi connectivity index (χ2v) is 14.3. The minimum atomic E-state index is -0.0863. The second kappa shape index (κ2) is 11.0. The number of nitrogens with zero attached hydrogens (tertiary/aromatic N) is 4. The van der Waals surface area contributed by atoms with Crippen molar-refractivity contribution in [2.24, 2.45) is 5.73 Å². The van der Waals surface area contributed by atoms with E-state index >= 15 is 0 Å².